The number of nitrogens with one attached hydrogen (secondary N) is 1. The van der Waals surface area contributed by atoms with Gasteiger partial charge < -0.3 is 10.2 Å². The van der Waals surface area contributed by atoms with Gasteiger partial charge >= 0.3 is 0 Å². The first-order valence-electron chi connectivity index (χ1n) is 7.94. The second-order valence-corrected chi connectivity index (χ2v) is 5.79. The number of carbonyl (C=O) groups is 1. The Morgan fingerprint density at radius 1 is 1.33 bits per heavy atom. The first-order chi connectivity index (χ1) is 10.1. The predicted octanol–water partition coefficient (Wildman–Crippen LogP) is 2.59. The number of amides is 1. The number of aryl methyl sites for hydroxylation is 1. The van der Waals surface area contributed by atoms with E-state index in [2.05, 4.69) is 31.0 Å². The van der Waals surface area contributed by atoms with E-state index in [9.17, 15) is 4.79 Å². The fourth-order valence-corrected chi connectivity index (χ4v) is 3.02. The number of likely N-dealkylation sites (N-methyl/N-ethyl adjacent to an activating group) is 1. The van der Waals surface area contributed by atoms with Gasteiger partial charge in [0.25, 0.3) is 5.91 Å². The highest BCUT2D eigenvalue weighted by Gasteiger charge is 2.26. The lowest BCUT2D eigenvalue weighted by Gasteiger charge is -2.39. The zero-order chi connectivity index (χ0) is 15.4. The highest BCUT2D eigenvalue weighted by atomic mass is 16.2. The van der Waals surface area contributed by atoms with E-state index in [-0.39, 0.29) is 5.91 Å². The van der Waals surface area contributed by atoms with Crippen LogP contribution in [0, 0.1) is 6.92 Å². The molecule has 1 N–H and O–H groups in total. The van der Waals surface area contributed by atoms with E-state index in [0.29, 0.717) is 6.04 Å². The number of carbonyl (C=O) groups excluding carboxylic acids is 1. The monoisotopic (exact) mass is 289 g/mol. The summed E-state index contributed by atoms with van der Waals surface area (Å²) < 4.78 is 0. The van der Waals surface area contributed by atoms with Crippen LogP contribution in [0.25, 0.3) is 0 Å². The summed E-state index contributed by atoms with van der Waals surface area (Å²) in [6.45, 7) is 13.1. The molecule has 1 unspecified atom stereocenters. The lowest BCUT2D eigenvalue weighted by Crippen LogP contribution is -2.53. The molecule has 1 saturated heterocycles. The molecule has 0 aliphatic carbocycles. The van der Waals surface area contributed by atoms with Crippen molar-refractivity contribution < 1.29 is 4.79 Å². The predicted molar refractivity (Wildman–Crippen MR) is 88.0 cm³/mol. The summed E-state index contributed by atoms with van der Waals surface area (Å²) in [5, 5.41) is 3.31. The molecule has 0 radical (unpaired) electrons. The first-order valence-corrected chi connectivity index (χ1v) is 7.94. The molecule has 0 bridgehead atoms. The minimum absolute atomic E-state index is 0.156. The van der Waals surface area contributed by atoms with Crippen molar-refractivity contribution in [1.29, 1.82) is 0 Å². The normalized spacial score (nSPS) is 19.6. The molecule has 116 valence electrons. The van der Waals surface area contributed by atoms with E-state index >= 15 is 0 Å². The summed E-state index contributed by atoms with van der Waals surface area (Å²) in [5.74, 6) is 0.156. The number of anilines is 1. The Labute approximate surface area is 128 Å². The van der Waals surface area contributed by atoms with Gasteiger partial charge in [-0.15, -0.1) is 0 Å². The molecule has 21 heavy (non-hydrogen) atoms. The molecule has 1 aromatic rings. The van der Waals surface area contributed by atoms with Crippen LogP contribution < -0.4 is 5.32 Å². The van der Waals surface area contributed by atoms with Gasteiger partial charge in [0.2, 0.25) is 0 Å². The summed E-state index contributed by atoms with van der Waals surface area (Å²) in [6.07, 6.45) is 0. The van der Waals surface area contributed by atoms with Gasteiger partial charge in [0.15, 0.2) is 0 Å². The molecule has 1 atom stereocenters. The van der Waals surface area contributed by atoms with E-state index in [1.165, 1.54) is 0 Å². The van der Waals surface area contributed by atoms with Gasteiger partial charge in [0.05, 0.1) is 0 Å². The lowest BCUT2D eigenvalue weighted by molar-refractivity contribution is 0.0528. The van der Waals surface area contributed by atoms with Crippen molar-refractivity contribution in [1.82, 2.24) is 9.80 Å². The molecule has 4 heteroatoms. The van der Waals surface area contributed by atoms with Crippen LogP contribution in [-0.2, 0) is 0 Å². The van der Waals surface area contributed by atoms with E-state index in [0.717, 1.165) is 49.5 Å². The Kier molecular flexibility index (Phi) is 5.23. The summed E-state index contributed by atoms with van der Waals surface area (Å²) in [6, 6.07) is 6.38. The van der Waals surface area contributed by atoms with Gasteiger partial charge in [-0.3, -0.25) is 9.69 Å². The minimum Gasteiger partial charge on any atom is -0.385 e. The minimum atomic E-state index is 0.156. The van der Waals surface area contributed by atoms with Crippen LogP contribution in [0.3, 0.4) is 0 Å². The number of hydrogen-bond acceptors (Lipinski definition) is 3. The Balaban J connectivity index is 2.08. The van der Waals surface area contributed by atoms with Crippen LogP contribution in [-0.4, -0.2) is 54.5 Å². The van der Waals surface area contributed by atoms with Crippen molar-refractivity contribution in [3.8, 4) is 0 Å². The van der Waals surface area contributed by atoms with E-state index in [1.807, 2.05) is 30.0 Å². The largest absolute Gasteiger partial charge is 0.385 e. The molecule has 2 rings (SSSR count). The summed E-state index contributed by atoms with van der Waals surface area (Å²) in [4.78, 5) is 17.1. The molecule has 1 heterocycles. The van der Waals surface area contributed by atoms with Crippen molar-refractivity contribution in [3.63, 3.8) is 0 Å². The second-order valence-electron chi connectivity index (χ2n) is 5.79. The zero-order valence-electron chi connectivity index (χ0n) is 13.6. The van der Waals surface area contributed by atoms with E-state index in [1.54, 1.807) is 0 Å². The average Bonchev–Trinajstić information content (AvgIpc) is 2.48. The van der Waals surface area contributed by atoms with Gasteiger partial charge in [-0.05, 0) is 51.1 Å². The van der Waals surface area contributed by atoms with Crippen LogP contribution in [0.4, 0.5) is 5.69 Å². The third-order valence-electron chi connectivity index (χ3n) is 4.30. The standard InChI is InChI=1S/C17H27N3O/c1-5-18-16-8-7-15(11-13(16)3)17(21)20-10-9-19(6-2)14(4)12-20/h7-8,11,14,18H,5-6,9-10,12H2,1-4H3. The third-order valence-corrected chi connectivity index (χ3v) is 4.30. The Morgan fingerprint density at radius 3 is 2.67 bits per heavy atom. The maximum Gasteiger partial charge on any atom is 0.253 e. The third kappa shape index (κ3) is 3.56. The SMILES string of the molecule is CCNc1ccc(C(=O)N2CCN(CC)C(C)C2)cc1C. The van der Waals surface area contributed by atoms with Crippen LogP contribution >= 0.6 is 0 Å². The molecule has 0 aromatic heterocycles. The van der Waals surface area contributed by atoms with E-state index in [4.69, 9.17) is 0 Å². The molecule has 1 aliphatic rings. The quantitative estimate of drug-likeness (QED) is 0.925. The molecular weight excluding hydrogens is 262 g/mol. The number of rotatable bonds is 4. The fourth-order valence-electron chi connectivity index (χ4n) is 3.02. The Hall–Kier alpha value is -1.55. The average molecular weight is 289 g/mol. The molecule has 1 fully saturated rings. The first kappa shape index (κ1) is 15.8. The van der Waals surface area contributed by atoms with Crippen LogP contribution in [0.15, 0.2) is 18.2 Å². The van der Waals surface area contributed by atoms with Crippen molar-refractivity contribution in [2.24, 2.45) is 0 Å². The molecular formula is C17H27N3O. The van der Waals surface area contributed by atoms with Gasteiger partial charge in [0, 0.05) is 43.5 Å². The highest BCUT2D eigenvalue weighted by Crippen LogP contribution is 2.19. The number of nitrogens with zero attached hydrogens (tertiary/aromatic N) is 2. The molecule has 0 spiro atoms. The lowest BCUT2D eigenvalue weighted by atomic mass is 10.1. The van der Waals surface area contributed by atoms with Crippen molar-refractivity contribution in [2.75, 3.05) is 38.0 Å². The maximum absolute atomic E-state index is 12.6. The molecule has 1 aromatic carbocycles. The van der Waals surface area contributed by atoms with Crippen molar-refractivity contribution in [3.05, 3.63) is 29.3 Å². The number of benzene rings is 1. The Bertz CT molecular complexity index is 501. The maximum atomic E-state index is 12.6. The van der Waals surface area contributed by atoms with Crippen LogP contribution in [0.1, 0.15) is 36.7 Å². The highest BCUT2D eigenvalue weighted by molar-refractivity contribution is 5.95. The smallest absolute Gasteiger partial charge is 0.253 e. The molecule has 1 aliphatic heterocycles. The Morgan fingerprint density at radius 2 is 2.10 bits per heavy atom. The summed E-state index contributed by atoms with van der Waals surface area (Å²) in [5.41, 5.74) is 3.03. The summed E-state index contributed by atoms with van der Waals surface area (Å²) in [7, 11) is 0. The van der Waals surface area contributed by atoms with Gasteiger partial charge in [-0.25, -0.2) is 0 Å². The second kappa shape index (κ2) is 6.94. The van der Waals surface area contributed by atoms with Gasteiger partial charge in [-0.1, -0.05) is 6.92 Å². The van der Waals surface area contributed by atoms with Crippen LogP contribution in [0.2, 0.25) is 0 Å². The van der Waals surface area contributed by atoms with Gasteiger partial charge in [0.1, 0.15) is 0 Å². The van der Waals surface area contributed by atoms with Crippen molar-refractivity contribution >= 4 is 11.6 Å². The van der Waals surface area contributed by atoms with Crippen LogP contribution in [0.5, 0.6) is 0 Å². The molecule has 0 saturated carbocycles. The molecule has 1 amide bonds. The number of piperazine rings is 1. The molecule has 4 nitrogen and oxygen atoms in total. The topological polar surface area (TPSA) is 35.6 Å². The van der Waals surface area contributed by atoms with E-state index < -0.39 is 0 Å². The summed E-state index contributed by atoms with van der Waals surface area (Å²) >= 11 is 0. The number of hydrogen-bond donors (Lipinski definition) is 1. The van der Waals surface area contributed by atoms with Crippen molar-refractivity contribution in [2.45, 2.75) is 33.7 Å². The zero-order valence-corrected chi connectivity index (χ0v) is 13.6. The van der Waals surface area contributed by atoms with Gasteiger partial charge in [-0.2, -0.15) is 0 Å². The fraction of sp³-hybridized carbons (Fsp3) is 0.588.